The van der Waals surface area contributed by atoms with Crippen LogP contribution in [0.4, 0.5) is 0 Å². The summed E-state index contributed by atoms with van der Waals surface area (Å²) < 4.78 is 0. The summed E-state index contributed by atoms with van der Waals surface area (Å²) in [7, 11) is -1.98. The van der Waals surface area contributed by atoms with Gasteiger partial charge in [-0.3, -0.25) is 0 Å². The SMILES string of the molecule is CC(C)(CCCN)[Si](C)(C)O. The minimum atomic E-state index is -1.98. The molecule has 0 rings (SSSR count). The molecule has 2 nitrogen and oxygen atoms in total. The highest BCUT2D eigenvalue weighted by Gasteiger charge is 2.36. The number of nitrogens with two attached hydrogens (primary N) is 1. The van der Waals surface area contributed by atoms with E-state index in [0.717, 1.165) is 19.4 Å². The molecular formula is C8H21NOSi. The van der Waals surface area contributed by atoms with Crippen LogP contribution in [0.25, 0.3) is 0 Å². The number of hydrogen-bond acceptors (Lipinski definition) is 2. The van der Waals surface area contributed by atoms with Gasteiger partial charge in [0.05, 0.1) is 0 Å². The zero-order valence-electron chi connectivity index (χ0n) is 8.15. The highest BCUT2D eigenvalue weighted by molar-refractivity contribution is 6.72. The maximum Gasteiger partial charge on any atom is 0.188 e. The van der Waals surface area contributed by atoms with Crippen LogP contribution >= 0.6 is 0 Å². The van der Waals surface area contributed by atoms with E-state index in [9.17, 15) is 4.80 Å². The lowest BCUT2D eigenvalue weighted by molar-refractivity contribution is 0.444. The Morgan fingerprint density at radius 2 is 1.82 bits per heavy atom. The molecular weight excluding hydrogens is 154 g/mol. The van der Waals surface area contributed by atoms with Gasteiger partial charge in [0, 0.05) is 0 Å². The topological polar surface area (TPSA) is 46.2 Å². The van der Waals surface area contributed by atoms with E-state index in [2.05, 4.69) is 13.8 Å². The fraction of sp³-hybridized carbons (Fsp3) is 1.00. The maximum atomic E-state index is 9.87. The van der Waals surface area contributed by atoms with Gasteiger partial charge in [-0.2, -0.15) is 0 Å². The average Bonchev–Trinajstić information content (AvgIpc) is 1.81. The van der Waals surface area contributed by atoms with E-state index in [1.54, 1.807) is 0 Å². The van der Waals surface area contributed by atoms with E-state index < -0.39 is 8.32 Å². The van der Waals surface area contributed by atoms with Gasteiger partial charge >= 0.3 is 0 Å². The molecule has 0 aliphatic heterocycles. The summed E-state index contributed by atoms with van der Waals surface area (Å²) >= 11 is 0. The van der Waals surface area contributed by atoms with Crippen molar-refractivity contribution in [3.8, 4) is 0 Å². The van der Waals surface area contributed by atoms with Gasteiger partial charge in [0.25, 0.3) is 0 Å². The summed E-state index contributed by atoms with van der Waals surface area (Å²) in [5.74, 6) is 0. The van der Waals surface area contributed by atoms with Crippen LogP contribution in [-0.4, -0.2) is 19.7 Å². The predicted molar refractivity (Wildman–Crippen MR) is 52.0 cm³/mol. The standard InChI is InChI=1S/C8H21NOSi/c1-8(2,6-5-7-9)11(3,4)10/h10H,5-7,9H2,1-4H3. The van der Waals surface area contributed by atoms with E-state index >= 15 is 0 Å². The van der Waals surface area contributed by atoms with Crippen molar-refractivity contribution >= 4 is 8.32 Å². The summed E-state index contributed by atoms with van der Waals surface area (Å²) in [6.07, 6.45) is 2.06. The maximum absolute atomic E-state index is 9.87. The quantitative estimate of drug-likeness (QED) is 0.639. The average molecular weight is 175 g/mol. The van der Waals surface area contributed by atoms with Gasteiger partial charge in [-0.15, -0.1) is 0 Å². The molecule has 68 valence electrons. The molecule has 3 heteroatoms. The van der Waals surface area contributed by atoms with Gasteiger partial charge in [0.1, 0.15) is 0 Å². The molecule has 0 bridgehead atoms. The van der Waals surface area contributed by atoms with E-state index in [1.165, 1.54) is 0 Å². The molecule has 0 heterocycles. The van der Waals surface area contributed by atoms with Crippen LogP contribution in [0.1, 0.15) is 26.7 Å². The van der Waals surface area contributed by atoms with Crippen LogP contribution in [0.5, 0.6) is 0 Å². The first-order valence-electron chi connectivity index (χ1n) is 4.24. The molecule has 0 aromatic heterocycles. The van der Waals surface area contributed by atoms with Crippen LogP contribution in [0.3, 0.4) is 0 Å². The third-order valence-electron chi connectivity index (χ3n) is 2.66. The van der Waals surface area contributed by atoms with Gasteiger partial charge in [-0.25, -0.2) is 0 Å². The first kappa shape index (κ1) is 11.1. The highest BCUT2D eigenvalue weighted by atomic mass is 28.4. The molecule has 0 radical (unpaired) electrons. The number of hydrogen-bond donors (Lipinski definition) is 2. The second kappa shape index (κ2) is 3.69. The summed E-state index contributed by atoms with van der Waals surface area (Å²) in [6, 6.07) is 0. The van der Waals surface area contributed by atoms with Crippen LogP contribution < -0.4 is 5.73 Å². The van der Waals surface area contributed by atoms with E-state index in [0.29, 0.717) is 0 Å². The Bertz CT molecular complexity index is 118. The molecule has 0 amide bonds. The Morgan fingerprint density at radius 1 is 1.36 bits per heavy atom. The van der Waals surface area contributed by atoms with Crippen molar-refractivity contribution in [3.05, 3.63) is 0 Å². The van der Waals surface area contributed by atoms with Crippen molar-refractivity contribution in [2.24, 2.45) is 5.73 Å². The minimum Gasteiger partial charge on any atom is -0.432 e. The molecule has 0 aromatic rings. The van der Waals surface area contributed by atoms with E-state index in [-0.39, 0.29) is 5.04 Å². The van der Waals surface area contributed by atoms with Crippen molar-refractivity contribution in [2.75, 3.05) is 6.54 Å². The molecule has 0 aliphatic carbocycles. The zero-order chi connectivity index (χ0) is 9.12. The first-order valence-corrected chi connectivity index (χ1v) is 7.18. The Balaban J connectivity index is 4.00. The first-order chi connectivity index (χ1) is 4.81. The Labute approximate surface area is 70.9 Å². The van der Waals surface area contributed by atoms with Gasteiger partial charge < -0.3 is 10.5 Å². The zero-order valence-corrected chi connectivity index (χ0v) is 9.15. The van der Waals surface area contributed by atoms with E-state index in [4.69, 9.17) is 5.73 Å². The second-order valence-corrected chi connectivity index (χ2v) is 8.81. The van der Waals surface area contributed by atoms with Gasteiger partial charge in [-0.1, -0.05) is 13.8 Å². The van der Waals surface area contributed by atoms with Crippen LogP contribution in [-0.2, 0) is 0 Å². The van der Waals surface area contributed by atoms with Crippen molar-refractivity contribution in [3.63, 3.8) is 0 Å². The minimum absolute atomic E-state index is 0.104. The van der Waals surface area contributed by atoms with Gasteiger partial charge in [0.2, 0.25) is 0 Å². The molecule has 0 aromatic carbocycles. The van der Waals surface area contributed by atoms with Crippen molar-refractivity contribution in [1.82, 2.24) is 0 Å². The van der Waals surface area contributed by atoms with Crippen LogP contribution in [0.2, 0.25) is 18.1 Å². The lowest BCUT2D eigenvalue weighted by Crippen LogP contribution is -2.39. The molecule has 3 N–H and O–H groups in total. The van der Waals surface area contributed by atoms with Gasteiger partial charge in [-0.05, 0) is 37.5 Å². The fourth-order valence-corrected chi connectivity index (χ4v) is 1.64. The predicted octanol–water partition coefficient (Wildman–Crippen LogP) is 1.70. The summed E-state index contributed by atoms with van der Waals surface area (Å²) in [5, 5.41) is 0.104. The smallest absolute Gasteiger partial charge is 0.188 e. The van der Waals surface area contributed by atoms with Crippen LogP contribution in [0.15, 0.2) is 0 Å². The molecule has 0 saturated carbocycles. The third kappa shape index (κ3) is 3.36. The van der Waals surface area contributed by atoms with Crippen molar-refractivity contribution < 1.29 is 4.80 Å². The highest BCUT2D eigenvalue weighted by Crippen LogP contribution is 2.39. The van der Waals surface area contributed by atoms with Crippen molar-refractivity contribution in [2.45, 2.75) is 44.8 Å². The molecule has 0 fully saturated rings. The van der Waals surface area contributed by atoms with E-state index in [1.807, 2.05) is 13.1 Å². The normalized spacial score (nSPS) is 13.6. The fourth-order valence-electron chi connectivity index (χ4n) is 0.850. The van der Waals surface area contributed by atoms with Crippen LogP contribution in [0, 0.1) is 0 Å². The Morgan fingerprint density at radius 3 is 2.09 bits per heavy atom. The molecule has 0 unspecified atom stereocenters. The van der Waals surface area contributed by atoms with Crippen molar-refractivity contribution in [1.29, 1.82) is 0 Å². The molecule has 11 heavy (non-hydrogen) atoms. The van der Waals surface area contributed by atoms with Gasteiger partial charge in [0.15, 0.2) is 8.32 Å². The summed E-state index contributed by atoms with van der Waals surface area (Å²) in [4.78, 5) is 9.87. The third-order valence-corrected chi connectivity index (χ3v) is 6.22. The lowest BCUT2D eigenvalue weighted by atomic mass is 10.1. The Kier molecular flexibility index (Phi) is 3.74. The molecule has 0 aliphatic rings. The number of rotatable bonds is 4. The monoisotopic (exact) mass is 175 g/mol. The molecule has 0 atom stereocenters. The Hall–Kier alpha value is 0.137. The molecule has 0 spiro atoms. The molecule has 0 saturated heterocycles. The summed E-state index contributed by atoms with van der Waals surface area (Å²) in [6.45, 7) is 8.98. The summed E-state index contributed by atoms with van der Waals surface area (Å²) in [5.41, 5.74) is 5.41. The second-order valence-electron chi connectivity index (χ2n) is 4.34. The lowest BCUT2D eigenvalue weighted by Gasteiger charge is -2.34. The largest absolute Gasteiger partial charge is 0.432 e.